The van der Waals surface area contributed by atoms with E-state index in [1.165, 1.54) is 14.2 Å². The van der Waals surface area contributed by atoms with E-state index >= 15 is 0 Å². The molecule has 0 spiro atoms. The molecule has 0 radical (unpaired) electrons. The molecule has 0 bridgehead atoms. The summed E-state index contributed by atoms with van der Waals surface area (Å²) in [6.45, 7) is 5.13. The van der Waals surface area contributed by atoms with Gasteiger partial charge in [0, 0.05) is 6.54 Å². The van der Waals surface area contributed by atoms with Crippen molar-refractivity contribution in [2.45, 2.75) is 52.5 Å². The number of urea groups is 1. The highest BCUT2D eigenvalue weighted by Crippen LogP contribution is 2.29. The van der Waals surface area contributed by atoms with Crippen molar-refractivity contribution in [1.29, 1.82) is 0 Å². The van der Waals surface area contributed by atoms with Gasteiger partial charge in [-0.15, -0.1) is 4.28 Å². The number of likely N-dealkylation sites (N-methyl/N-ethyl adjacent to an activating group) is 1. The first kappa shape index (κ1) is 31.1. The maximum Gasteiger partial charge on any atom is 0.421 e. The quantitative estimate of drug-likeness (QED) is 0.264. The minimum absolute atomic E-state index is 0.0482. The summed E-state index contributed by atoms with van der Waals surface area (Å²) >= 11 is 0. The number of rotatable bonds is 14. The van der Waals surface area contributed by atoms with Gasteiger partial charge in [-0.05, 0) is 50.2 Å². The molecule has 214 valence electrons. The van der Waals surface area contributed by atoms with E-state index in [1.807, 2.05) is 0 Å². The van der Waals surface area contributed by atoms with Gasteiger partial charge >= 0.3 is 22.4 Å². The van der Waals surface area contributed by atoms with E-state index in [4.69, 9.17) is 28.4 Å². The smallest absolute Gasteiger partial charge is 0.421 e. The Balaban J connectivity index is 1.88. The van der Waals surface area contributed by atoms with Crippen LogP contribution in [0, 0.1) is 5.41 Å². The van der Waals surface area contributed by atoms with Crippen molar-refractivity contribution < 1.29 is 45.5 Å². The molecule has 38 heavy (non-hydrogen) atoms. The van der Waals surface area contributed by atoms with Crippen molar-refractivity contribution in [2.75, 3.05) is 40.5 Å². The number of hydrogen-bond acceptors (Lipinski definition) is 10. The first-order valence-corrected chi connectivity index (χ1v) is 13.5. The number of methoxy groups -OCH3 is 2. The highest BCUT2D eigenvalue weighted by atomic mass is 32.3. The van der Waals surface area contributed by atoms with Crippen LogP contribution in [0.3, 0.4) is 0 Å². The molecule has 1 aliphatic heterocycles. The molecule has 1 aliphatic rings. The fourth-order valence-electron chi connectivity index (χ4n) is 3.95. The average molecular weight is 560 g/mol. The molecule has 13 nitrogen and oxygen atoms in total. The maximum atomic E-state index is 12.7. The summed E-state index contributed by atoms with van der Waals surface area (Å²) in [5.41, 5.74) is 4.92. The van der Waals surface area contributed by atoms with Crippen LogP contribution in [0.4, 0.5) is 4.79 Å². The zero-order valence-electron chi connectivity index (χ0n) is 22.4. The lowest BCUT2D eigenvalue weighted by atomic mass is 9.89. The standard InChI is InChI=1S/C24H37N3O10S/c1-6-26-17(21(25)28)10-8-14-27(23(26)30)37-38(31,32)36-16-24(2,3)13-9-15-35-22(29)20-18(33-4)11-7-12-19(20)34-5/h7,11-12,17H,6,8-10,13-16H2,1-5H3,(H2,25,28)/t17-/m0/s1. The molecule has 1 aromatic rings. The van der Waals surface area contributed by atoms with Crippen LogP contribution < -0.4 is 15.2 Å². The van der Waals surface area contributed by atoms with E-state index < -0.39 is 39.8 Å². The van der Waals surface area contributed by atoms with Crippen LogP contribution in [-0.4, -0.2) is 82.9 Å². The zero-order valence-corrected chi connectivity index (χ0v) is 23.2. The van der Waals surface area contributed by atoms with Crippen molar-refractivity contribution in [1.82, 2.24) is 9.96 Å². The summed E-state index contributed by atoms with van der Waals surface area (Å²) in [6.07, 6.45) is 1.48. The molecular weight excluding hydrogens is 522 g/mol. The largest absolute Gasteiger partial charge is 0.496 e. The van der Waals surface area contributed by atoms with Gasteiger partial charge in [0.05, 0.1) is 34.0 Å². The minimum Gasteiger partial charge on any atom is -0.496 e. The molecule has 0 saturated carbocycles. The molecule has 2 rings (SSSR count). The average Bonchev–Trinajstić information content (AvgIpc) is 3.03. The number of esters is 1. The Kier molecular flexibility index (Phi) is 11.2. The van der Waals surface area contributed by atoms with Gasteiger partial charge in [-0.3, -0.25) is 4.79 Å². The van der Waals surface area contributed by atoms with E-state index in [2.05, 4.69) is 0 Å². The van der Waals surface area contributed by atoms with Gasteiger partial charge in [-0.25, -0.2) is 13.8 Å². The second-order valence-corrected chi connectivity index (χ2v) is 10.6. The number of hydrogen-bond donors (Lipinski definition) is 1. The second-order valence-electron chi connectivity index (χ2n) is 9.42. The normalized spacial score (nSPS) is 16.7. The van der Waals surface area contributed by atoms with Gasteiger partial charge in [-0.1, -0.05) is 19.9 Å². The highest BCUT2D eigenvalue weighted by Gasteiger charge is 2.36. The number of ether oxygens (including phenoxy) is 3. The number of carbonyl (C=O) groups is 3. The molecule has 1 fully saturated rings. The summed E-state index contributed by atoms with van der Waals surface area (Å²) in [5, 5.41) is 0.667. The Hall–Kier alpha value is -3.10. The van der Waals surface area contributed by atoms with E-state index in [-0.39, 0.29) is 38.3 Å². The third-order valence-electron chi connectivity index (χ3n) is 5.98. The van der Waals surface area contributed by atoms with Crippen molar-refractivity contribution in [2.24, 2.45) is 11.1 Å². The van der Waals surface area contributed by atoms with Crippen LogP contribution in [0.15, 0.2) is 18.2 Å². The van der Waals surface area contributed by atoms with Crippen molar-refractivity contribution >= 4 is 28.3 Å². The lowest BCUT2D eigenvalue weighted by Gasteiger charge is -2.29. The van der Waals surface area contributed by atoms with Crippen LogP contribution in [-0.2, 0) is 28.4 Å². The summed E-state index contributed by atoms with van der Waals surface area (Å²) in [5.74, 6) is -0.631. The Morgan fingerprint density at radius 3 is 2.34 bits per heavy atom. The number of benzene rings is 1. The van der Waals surface area contributed by atoms with Crippen LogP contribution in [0.5, 0.6) is 11.5 Å². The number of amides is 3. The van der Waals surface area contributed by atoms with Crippen LogP contribution in [0.2, 0.25) is 0 Å². The minimum atomic E-state index is -4.58. The summed E-state index contributed by atoms with van der Waals surface area (Å²) in [7, 11) is -1.71. The Morgan fingerprint density at radius 2 is 1.79 bits per heavy atom. The molecule has 3 amide bonds. The Labute approximate surface area is 223 Å². The Morgan fingerprint density at radius 1 is 1.16 bits per heavy atom. The van der Waals surface area contributed by atoms with Crippen molar-refractivity contribution in [3.05, 3.63) is 23.8 Å². The Bertz CT molecular complexity index is 1070. The highest BCUT2D eigenvalue weighted by molar-refractivity contribution is 7.81. The van der Waals surface area contributed by atoms with E-state index in [1.54, 1.807) is 39.0 Å². The number of nitrogens with two attached hydrogens (primary N) is 1. The molecule has 0 aliphatic carbocycles. The molecule has 1 aromatic carbocycles. The first-order chi connectivity index (χ1) is 17.9. The van der Waals surface area contributed by atoms with Gasteiger partial charge in [0.2, 0.25) is 5.91 Å². The lowest BCUT2D eigenvalue weighted by Crippen LogP contribution is -2.51. The van der Waals surface area contributed by atoms with Gasteiger partial charge in [-0.2, -0.15) is 13.5 Å². The fraction of sp³-hybridized carbons (Fsp3) is 0.625. The van der Waals surface area contributed by atoms with Crippen LogP contribution in [0.25, 0.3) is 0 Å². The summed E-state index contributed by atoms with van der Waals surface area (Å²) in [4.78, 5) is 38.1. The van der Waals surface area contributed by atoms with E-state index in [9.17, 15) is 22.8 Å². The zero-order chi connectivity index (χ0) is 28.5. The van der Waals surface area contributed by atoms with Crippen molar-refractivity contribution in [3.8, 4) is 11.5 Å². The predicted octanol–water partition coefficient (Wildman–Crippen LogP) is 2.25. The number of nitrogens with zero attached hydrogens (tertiary/aromatic N) is 2. The summed E-state index contributed by atoms with van der Waals surface area (Å²) in [6, 6.07) is 3.30. The number of carbonyl (C=O) groups excluding carboxylic acids is 3. The van der Waals surface area contributed by atoms with E-state index in [0.29, 0.717) is 35.8 Å². The van der Waals surface area contributed by atoms with Gasteiger partial charge < -0.3 is 24.8 Å². The molecule has 0 aromatic heterocycles. The number of hydroxylamine groups is 2. The molecule has 1 heterocycles. The monoisotopic (exact) mass is 559 g/mol. The predicted molar refractivity (Wildman–Crippen MR) is 135 cm³/mol. The van der Waals surface area contributed by atoms with Crippen LogP contribution >= 0.6 is 0 Å². The fourth-order valence-corrected chi connectivity index (χ4v) is 4.82. The van der Waals surface area contributed by atoms with Gasteiger partial charge in [0.25, 0.3) is 0 Å². The van der Waals surface area contributed by atoms with Gasteiger partial charge in [0.15, 0.2) is 0 Å². The molecule has 1 saturated heterocycles. The van der Waals surface area contributed by atoms with Crippen molar-refractivity contribution in [3.63, 3.8) is 0 Å². The topological polar surface area (TPSA) is 164 Å². The lowest BCUT2D eigenvalue weighted by molar-refractivity contribution is -0.122. The SMILES string of the molecule is CCN1C(=O)N(OS(=O)(=O)OCC(C)(C)CCCOC(=O)c2c(OC)cccc2OC)CCC[C@H]1C(N)=O. The first-order valence-electron chi connectivity index (χ1n) is 12.2. The number of primary amides is 1. The van der Waals surface area contributed by atoms with Crippen LogP contribution in [0.1, 0.15) is 56.8 Å². The molecule has 1 atom stereocenters. The summed E-state index contributed by atoms with van der Waals surface area (Å²) < 4.78 is 50.7. The van der Waals surface area contributed by atoms with Gasteiger partial charge in [0.1, 0.15) is 23.1 Å². The third kappa shape index (κ3) is 8.46. The molecule has 0 unspecified atom stereocenters. The second kappa shape index (κ2) is 13.6. The third-order valence-corrected chi connectivity index (χ3v) is 6.75. The molecular formula is C24H37N3O10S. The maximum absolute atomic E-state index is 12.7. The van der Waals surface area contributed by atoms with E-state index in [0.717, 1.165) is 4.90 Å². The molecule has 14 heteroatoms. The molecule has 2 N–H and O–H groups in total.